The van der Waals surface area contributed by atoms with Gasteiger partial charge in [0.15, 0.2) is 0 Å². The van der Waals surface area contributed by atoms with Gasteiger partial charge in [0.25, 0.3) is 0 Å². The molecule has 2 heterocycles. The van der Waals surface area contributed by atoms with Gasteiger partial charge < -0.3 is 4.74 Å². The summed E-state index contributed by atoms with van der Waals surface area (Å²) in [6, 6.07) is 0.342. The Balaban J connectivity index is 2.08. The highest BCUT2D eigenvalue weighted by atomic mass is 32.2. The van der Waals surface area contributed by atoms with Crippen LogP contribution in [0.15, 0.2) is 6.20 Å². The fraction of sp³-hybridized carbons (Fsp3) is 0.875. The van der Waals surface area contributed by atoms with Crippen LogP contribution in [0.1, 0.15) is 64.4 Å². The van der Waals surface area contributed by atoms with E-state index in [0.717, 1.165) is 17.9 Å². The van der Waals surface area contributed by atoms with E-state index in [2.05, 4.69) is 51.1 Å². The van der Waals surface area contributed by atoms with Crippen molar-refractivity contribution in [1.29, 1.82) is 0 Å². The average molecular weight is 311 g/mol. The van der Waals surface area contributed by atoms with Crippen molar-refractivity contribution in [3.05, 3.63) is 11.9 Å². The molecule has 2 rings (SSSR count). The van der Waals surface area contributed by atoms with Crippen LogP contribution < -0.4 is 0 Å². The lowest BCUT2D eigenvalue weighted by atomic mass is 9.88. The lowest BCUT2D eigenvalue weighted by Gasteiger charge is -2.33. The SMILES string of the molecule is CCC1CSC(c2cn([C@H](C)C(C)(C)C)nn2)CC1OC. The molecule has 1 fully saturated rings. The predicted molar refractivity (Wildman–Crippen MR) is 88.6 cm³/mol. The highest BCUT2D eigenvalue weighted by Gasteiger charge is 2.32. The number of nitrogens with zero attached hydrogens (tertiary/aromatic N) is 3. The van der Waals surface area contributed by atoms with Gasteiger partial charge in [-0.2, -0.15) is 11.8 Å². The molecule has 4 atom stereocenters. The number of thioether (sulfide) groups is 1. The Morgan fingerprint density at radius 2 is 2.19 bits per heavy atom. The molecule has 0 spiro atoms. The topological polar surface area (TPSA) is 39.9 Å². The summed E-state index contributed by atoms with van der Waals surface area (Å²) in [7, 11) is 1.83. The molecule has 0 aromatic carbocycles. The molecule has 0 bridgehead atoms. The van der Waals surface area contributed by atoms with E-state index in [1.165, 1.54) is 6.42 Å². The highest BCUT2D eigenvalue weighted by Crippen LogP contribution is 2.42. The van der Waals surface area contributed by atoms with E-state index >= 15 is 0 Å². The summed E-state index contributed by atoms with van der Waals surface area (Å²) in [6.45, 7) is 11.2. The van der Waals surface area contributed by atoms with Crippen molar-refractivity contribution in [3.63, 3.8) is 0 Å². The van der Waals surface area contributed by atoms with Crippen LogP contribution in [0.2, 0.25) is 0 Å². The summed E-state index contributed by atoms with van der Waals surface area (Å²) in [6.07, 6.45) is 4.72. The average Bonchev–Trinajstić information content (AvgIpc) is 2.94. The molecule has 5 heteroatoms. The number of aromatic nitrogens is 3. The molecule has 0 N–H and O–H groups in total. The molecule has 21 heavy (non-hydrogen) atoms. The van der Waals surface area contributed by atoms with Crippen molar-refractivity contribution in [2.75, 3.05) is 12.9 Å². The third-order valence-electron chi connectivity index (χ3n) is 4.82. The van der Waals surface area contributed by atoms with Gasteiger partial charge in [0, 0.05) is 13.3 Å². The van der Waals surface area contributed by atoms with Crippen LogP contribution in [0.25, 0.3) is 0 Å². The van der Waals surface area contributed by atoms with Crippen molar-refractivity contribution < 1.29 is 4.74 Å². The van der Waals surface area contributed by atoms with Gasteiger partial charge in [0.2, 0.25) is 0 Å². The van der Waals surface area contributed by atoms with Crippen molar-refractivity contribution in [2.24, 2.45) is 11.3 Å². The maximum absolute atomic E-state index is 5.69. The van der Waals surface area contributed by atoms with Gasteiger partial charge in [-0.3, -0.25) is 0 Å². The van der Waals surface area contributed by atoms with Gasteiger partial charge in [-0.15, -0.1) is 5.10 Å². The Morgan fingerprint density at radius 1 is 1.48 bits per heavy atom. The van der Waals surface area contributed by atoms with Crippen molar-refractivity contribution in [3.8, 4) is 0 Å². The van der Waals surface area contributed by atoms with Crippen molar-refractivity contribution in [2.45, 2.75) is 64.9 Å². The Morgan fingerprint density at radius 3 is 2.76 bits per heavy atom. The largest absolute Gasteiger partial charge is 0.381 e. The summed E-state index contributed by atoms with van der Waals surface area (Å²) in [4.78, 5) is 0. The first-order chi connectivity index (χ1) is 9.86. The Kier molecular flexibility index (Phi) is 5.36. The maximum Gasteiger partial charge on any atom is 0.0957 e. The standard InChI is InChI=1S/C16H29N3OS/c1-7-12-10-21-15(8-14(12)20-6)13-9-19(18-17-13)11(2)16(3,4)5/h9,11-12,14-15H,7-8,10H2,1-6H3/t11-,12?,14?,15?/m1/s1. The number of rotatable bonds is 4. The maximum atomic E-state index is 5.69. The zero-order valence-corrected chi connectivity index (χ0v) is 15.0. The van der Waals surface area contributed by atoms with Gasteiger partial charge in [0.05, 0.1) is 23.1 Å². The third kappa shape index (κ3) is 3.81. The first kappa shape index (κ1) is 16.8. The van der Waals surface area contributed by atoms with Crippen molar-refractivity contribution >= 4 is 11.8 Å². The van der Waals surface area contributed by atoms with Gasteiger partial charge in [-0.05, 0) is 30.4 Å². The summed E-state index contributed by atoms with van der Waals surface area (Å²) in [5.74, 6) is 1.82. The van der Waals surface area contributed by atoms with E-state index in [1.807, 2.05) is 23.6 Å². The van der Waals surface area contributed by atoms with Crippen LogP contribution in [0.4, 0.5) is 0 Å². The monoisotopic (exact) mass is 311 g/mol. The van der Waals surface area contributed by atoms with Crippen LogP contribution in [0, 0.1) is 11.3 Å². The third-order valence-corrected chi connectivity index (χ3v) is 6.28. The lowest BCUT2D eigenvalue weighted by Crippen LogP contribution is -2.30. The molecule has 0 aliphatic carbocycles. The highest BCUT2D eigenvalue weighted by molar-refractivity contribution is 7.99. The molecule has 1 saturated heterocycles. The molecule has 4 nitrogen and oxygen atoms in total. The van der Waals surface area contributed by atoms with E-state index in [0.29, 0.717) is 23.3 Å². The first-order valence-electron chi connectivity index (χ1n) is 7.93. The molecule has 3 unspecified atom stereocenters. The second-order valence-electron chi connectivity index (χ2n) is 7.17. The zero-order chi connectivity index (χ0) is 15.6. The summed E-state index contributed by atoms with van der Waals surface area (Å²) < 4.78 is 7.70. The summed E-state index contributed by atoms with van der Waals surface area (Å²) >= 11 is 2.00. The zero-order valence-electron chi connectivity index (χ0n) is 14.2. The molecule has 0 saturated carbocycles. The summed E-state index contributed by atoms with van der Waals surface area (Å²) in [5.41, 5.74) is 1.29. The summed E-state index contributed by atoms with van der Waals surface area (Å²) in [5, 5.41) is 9.21. The molecule has 120 valence electrons. The fourth-order valence-corrected chi connectivity index (χ4v) is 4.25. The Hall–Kier alpha value is -0.550. The van der Waals surface area contributed by atoms with E-state index in [4.69, 9.17) is 4.74 Å². The number of hydrogen-bond acceptors (Lipinski definition) is 4. The quantitative estimate of drug-likeness (QED) is 0.839. The molecule has 0 amide bonds. The van der Waals surface area contributed by atoms with Gasteiger partial charge >= 0.3 is 0 Å². The molecule has 0 radical (unpaired) electrons. The van der Waals surface area contributed by atoms with E-state index in [-0.39, 0.29) is 5.41 Å². The molecular formula is C16H29N3OS. The van der Waals surface area contributed by atoms with E-state index in [1.54, 1.807) is 0 Å². The fourth-order valence-electron chi connectivity index (χ4n) is 2.72. The second kappa shape index (κ2) is 6.69. The molecular weight excluding hydrogens is 282 g/mol. The predicted octanol–water partition coefficient (Wildman–Crippen LogP) is 4.10. The molecule has 1 aromatic rings. The van der Waals surface area contributed by atoms with Crippen LogP contribution in [0.3, 0.4) is 0 Å². The minimum Gasteiger partial charge on any atom is -0.381 e. The Bertz CT molecular complexity index is 455. The minimum absolute atomic E-state index is 0.188. The molecule has 1 aliphatic heterocycles. The van der Waals surface area contributed by atoms with Gasteiger partial charge in [-0.1, -0.05) is 39.3 Å². The van der Waals surface area contributed by atoms with Crippen LogP contribution in [0.5, 0.6) is 0 Å². The van der Waals surface area contributed by atoms with Gasteiger partial charge in [-0.25, -0.2) is 4.68 Å². The number of hydrogen-bond donors (Lipinski definition) is 0. The van der Waals surface area contributed by atoms with E-state index in [9.17, 15) is 0 Å². The normalized spacial score (nSPS) is 28.6. The smallest absolute Gasteiger partial charge is 0.0957 e. The van der Waals surface area contributed by atoms with Crippen LogP contribution in [-0.4, -0.2) is 34.0 Å². The second-order valence-corrected chi connectivity index (χ2v) is 8.40. The van der Waals surface area contributed by atoms with Crippen molar-refractivity contribution in [1.82, 2.24) is 15.0 Å². The van der Waals surface area contributed by atoms with E-state index < -0.39 is 0 Å². The lowest BCUT2D eigenvalue weighted by molar-refractivity contribution is 0.0478. The molecule has 1 aliphatic rings. The molecule has 1 aromatic heterocycles. The van der Waals surface area contributed by atoms with Gasteiger partial charge in [0.1, 0.15) is 0 Å². The number of ether oxygens (including phenoxy) is 1. The number of methoxy groups -OCH3 is 1. The Labute approximate surface area is 133 Å². The first-order valence-corrected chi connectivity index (χ1v) is 8.97. The minimum atomic E-state index is 0.188. The van der Waals surface area contributed by atoms with Crippen LogP contribution >= 0.6 is 11.8 Å². The van der Waals surface area contributed by atoms with Crippen LogP contribution in [-0.2, 0) is 4.74 Å².